The van der Waals surface area contributed by atoms with Crippen molar-refractivity contribution in [3.8, 4) is 0 Å². The molecule has 1 fully saturated rings. The first-order chi connectivity index (χ1) is 13.3. The minimum atomic E-state index is -2.97. The van der Waals surface area contributed by atoms with Gasteiger partial charge in [0.2, 0.25) is 0 Å². The second-order valence-corrected chi connectivity index (χ2v) is 7.86. The summed E-state index contributed by atoms with van der Waals surface area (Å²) in [6.07, 6.45) is -3.21. The van der Waals surface area contributed by atoms with Crippen LogP contribution in [0.15, 0.2) is 51.9 Å². The average molecular weight is 453 g/mol. The molecular formula is C20H16BrF3N2O2. The molecule has 1 aliphatic heterocycles. The molecule has 28 heavy (non-hydrogen) atoms. The van der Waals surface area contributed by atoms with Gasteiger partial charge in [-0.3, -0.25) is 10.1 Å². The number of amides is 1. The third kappa shape index (κ3) is 3.09. The lowest BCUT2D eigenvalue weighted by atomic mass is 9.84. The van der Waals surface area contributed by atoms with Crippen molar-refractivity contribution >= 4 is 27.9 Å². The maximum atomic E-state index is 14.9. The summed E-state index contributed by atoms with van der Waals surface area (Å²) in [5.74, 6) is -1.92. The van der Waals surface area contributed by atoms with Gasteiger partial charge in [0.25, 0.3) is 18.4 Å². The molecule has 1 aliphatic carbocycles. The van der Waals surface area contributed by atoms with E-state index >= 15 is 0 Å². The second-order valence-electron chi connectivity index (χ2n) is 6.95. The zero-order chi connectivity index (χ0) is 20.1. The molecule has 0 saturated heterocycles. The van der Waals surface area contributed by atoms with E-state index in [2.05, 4.69) is 26.2 Å². The lowest BCUT2D eigenvalue weighted by Crippen LogP contribution is -2.46. The highest BCUT2D eigenvalue weighted by molar-refractivity contribution is 9.10. The van der Waals surface area contributed by atoms with Crippen molar-refractivity contribution in [1.29, 1.82) is 0 Å². The zero-order valence-corrected chi connectivity index (χ0v) is 16.3. The minimum absolute atomic E-state index is 0.198. The number of aliphatic imine (C=N–C) groups is 1. The molecule has 146 valence electrons. The highest BCUT2D eigenvalue weighted by atomic mass is 79.9. The lowest BCUT2D eigenvalue weighted by molar-refractivity contribution is 0.0165. The molecule has 1 saturated carbocycles. The fourth-order valence-electron chi connectivity index (χ4n) is 3.61. The number of alkyl halides is 2. The first-order valence-corrected chi connectivity index (χ1v) is 9.49. The summed E-state index contributed by atoms with van der Waals surface area (Å²) in [5, 5.41) is 2.44. The molecule has 8 heteroatoms. The molecule has 1 heterocycles. The van der Waals surface area contributed by atoms with Gasteiger partial charge in [0.1, 0.15) is 11.9 Å². The van der Waals surface area contributed by atoms with Crippen LogP contribution in [0.4, 0.5) is 13.2 Å². The number of nitrogens with one attached hydrogen (secondary N) is 1. The van der Waals surface area contributed by atoms with Gasteiger partial charge in [0, 0.05) is 21.5 Å². The van der Waals surface area contributed by atoms with Crippen LogP contribution in [0.25, 0.3) is 0 Å². The number of benzene rings is 2. The molecule has 0 aromatic heterocycles. The Morgan fingerprint density at radius 1 is 1.32 bits per heavy atom. The summed E-state index contributed by atoms with van der Waals surface area (Å²) in [4.78, 5) is 16.5. The highest BCUT2D eigenvalue weighted by Gasteiger charge is 2.64. The van der Waals surface area contributed by atoms with Crippen molar-refractivity contribution in [1.82, 2.24) is 5.32 Å². The van der Waals surface area contributed by atoms with E-state index in [1.165, 1.54) is 19.1 Å². The Bertz CT molecular complexity index is 967. The molecule has 0 radical (unpaired) electrons. The molecule has 1 N–H and O–H groups in total. The molecule has 2 aliphatic rings. The number of aryl methyl sites for hydroxylation is 1. The number of fused-ring (bicyclic) bond motifs is 1. The van der Waals surface area contributed by atoms with E-state index < -0.39 is 35.7 Å². The summed E-state index contributed by atoms with van der Waals surface area (Å²) in [6.45, 7) is 1.51. The van der Waals surface area contributed by atoms with E-state index in [0.717, 1.165) is 0 Å². The zero-order valence-electron chi connectivity index (χ0n) is 14.8. The monoisotopic (exact) mass is 452 g/mol. The van der Waals surface area contributed by atoms with E-state index in [1.807, 2.05) is 0 Å². The summed E-state index contributed by atoms with van der Waals surface area (Å²) < 4.78 is 49.6. The Hall–Kier alpha value is -2.35. The largest absolute Gasteiger partial charge is 0.461 e. The van der Waals surface area contributed by atoms with Crippen LogP contribution < -0.4 is 5.32 Å². The Balaban J connectivity index is 1.77. The van der Waals surface area contributed by atoms with Gasteiger partial charge in [-0.15, -0.1) is 0 Å². The summed E-state index contributed by atoms with van der Waals surface area (Å²) in [7, 11) is 0. The van der Waals surface area contributed by atoms with Crippen molar-refractivity contribution in [3.05, 3.63) is 69.4 Å². The highest BCUT2D eigenvalue weighted by Crippen LogP contribution is 2.56. The van der Waals surface area contributed by atoms with Crippen molar-refractivity contribution in [2.75, 3.05) is 0 Å². The van der Waals surface area contributed by atoms with Gasteiger partial charge in [-0.05, 0) is 43.2 Å². The predicted octanol–water partition coefficient (Wildman–Crippen LogP) is 4.56. The normalized spacial score (nSPS) is 25.6. The fraction of sp³-hybridized carbons (Fsp3) is 0.300. The number of ether oxygens (including phenoxy) is 1. The SMILES string of the molecule is Cc1cc(Br)cc([C@@]2(C(F)F)N=C(NC(=O)c3ccccc3)O[C@@H]3C[C@@H]32)c1F. The number of amidine groups is 1. The van der Waals surface area contributed by atoms with E-state index in [1.54, 1.807) is 30.3 Å². The predicted molar refractivity (Wildman–Crippen MR) is 101 cm³/mol. The first kappa shape index (κ1) is 19.0. The van der Waals surface area contributed by atoms with Crippen molar-refractivity contribution in [2.45, 2.75) is 31.4 Å². The number of carbonyl (C=O) groups is 1. The summed E-state index contributed by atoms with van der Waals surface area (Å²) in [5.41, 5.74) is -1.74. The number of nitrogens with zero attached hydrogens (tertiary/aromatic N) is 1. The molecule has 0 bridgehead atoms. The molecule has 4 rings (SSSR count). The van der Waals surface area contributed by atoms with Crippen LogP contribution in [0.5, 0.6) is 0 Å². The van der Waals surface area contributed by atoms with E-state index in [0.29, 0.717) is 16.5 Å². The Labute approximate surface area is 167 Å². The topological polar surface area (TPSA) is 50.7 Å². The number of rotatable bonds is 3. The van der Waals surface area contributed by atoms with E-state index in [9.17, 15) is 18.0 Å². The van der Waals surface area contributed by atoms with Crippen molar-refractivity contribution < 1.29 is 22.7 Å². The fourth-order valence-corrected chi connectivity index (χ4v) is 4.18. The third-order valence-electron chi connectivity index (χ3n) is 5.09. The van der Waals surface area contributed by atoms with Crippen LogP contribution in [0.3, 0.4) is 0 Å². The number of hydrogen-bond acceptors (Lipinski definition) is 3. The molecular weight excluding hydrogens is 437 g/mol. The minimum Gasteiger partial charge on any atom is -0.461 e. The number of carbonyl (C=O) groups excluding carboxylic acids is 1. The maximum Gasteiger partial charge on any atom is 0.293 e. The molecule has 0 spiro atoms. The summed E-state index contributed by atoms with van der Waals surface area (Å²) in [6, 6.07) is 10.8. The molecule has 4 nitrogen and oxygen atoms in total. The average Bonchev–Trinajstić information content (AvgIpc) is 3.44. The second kappa shape index (κ2) is 6.92. The summed E-state index contributed by atoms with van der Waals surface area (Å²) >= 11 is 3.25. The molecule has 2 aromatic rings. The molecule has 0 unspecified atom stereocenters. The number of halogens is 4. The van der Waals surface area contributed by atoms with Crippen LogP contribution in [0, 0.1) is 18.7 Å². The molecule has 1 amide bonds. The van der Waals surface area contributed by atoms with Gasteiger partial charge in [0.15, 0.2) is 5.54 Å². The van der Waals surface area contributed by atoms with Crippen LogP contribution >= 0.6 is 15.9 Å². The standard InChI is InChI=1S/C20H16BrF3N2O2/c1-10-7-12(21)8-14(16(10)22)20(18(23)24)13-9-15(13)28-19(26-20)25-17(27)11-5-3-2-4-6-11/h2-8,13,15,18H,9H2,1H3,(H,25,26,27)/t13-,15+,20-/m0/s1. The van der Waals surface area contributed by atoms with Crippen LogP contribution in [-0.2, 0) is 10.3 Å². The Kier molecular flexibility index (Phi) is 4.69. The van der Waals surface area contributed by atoms with Gasteiger partial charge in [-0.2, -0.15) is 0 Å². The Morgan fingerprint density at radius 3 is 2.71 bits per heavy atom. The van der Waals surface area contributed by atoms with Crippen LogP contribution in [0.1, 0.15) is 27.9 Å². The smallest absolute Gasteiger partial charge is 0.293 e. The van der Waals surface area contributed by atoms with E-state index in [-0.39, 0.29) is 17.1 Å². The van der Waals surface area contributed by atoms with Crippen LogP contribution in [-0.4, -0.2) is 24.5 Å². The van der Waals surface area contributed by atoms with Gasteiger partial charge in [-0.25, -0.2) is 18.2 Å². The Morgan fingerprint density at radius 2 is 2.04 bits per heavy atom. The van der Waals surface area contributed by atoms with Gasteiger partial charge in [-0.1, -0.05) is 34.1 Å². The van der Waals surface area contributed by atoms with Crippen molar-refractivity contribution in [3.63, 3.8) is 0 Å². The number of hydrogen-bond donors (Lipinski definition) is 1. The van der Waals surface area contributed by atoms with Gasteiger partial charge < -0.3 is 4.74 Å². The quantitative estimate of drug-likeness (QED) is 0.741. The van der Waals surface area contributed by atoms with Crippen molar-refractivity contribution in [2.24, 2.45) is 10.9 Å². The first-order valence-electron chi connectivity index (χ1n) is 8.70. The van der Waals surface area contributed by atoms with Crippen LogP contribution in [0.2, 0.25) is 0 Å². The molecule has 3 atom stereocenters. The lowest BCUT2D eigenvalue weighted by Gasteiger charge is -2.34. The third-order valence-corrected chi connectivity index (χ3v) is 5.54. The van der Waals surface area contributed by atoms with Gasteiger partial charge >= 0.3 is 0 Å². The van der Waals surface area contributed by atoms with E-state index in [4.69, 9.17) is 4.74 Å². The van der Waals surface area contributed by atoms with Gasteiger partial charge in [0.05, 0.1) is 0 Å². The molecule has 2 aromatic carbocycles. The maximum absolute atomic E-state index is 14.9.